The molecular formula is C20H31N. The summed E-state index contributed by atoms with van der Waals surface area (Å²) in [5.74, 6) is 2.55. The summed E-state index contributed by atoms with van der Waals surface area (Å²) < 4.78 is 0. The van der Waals surface area contributed by atoms with E-state index in [4.69, 9.17) is 0 Å². The van der Waals surface area contributed by atoms with Crippen molar-refractivity contribution in [1.29, 1.82) is 0 Å². The molecule has 3 unspecified atom stereocenters. The normalized spacial score (nSPS) is 37.3. The fourth-order valence-electron chi connectivity index (χ4n) is 4.44. The highest BCUT2D eigenvalue weighted by molar-refractivity contribution is 5.20. The first kappa shape index (κ1) is 15.1. The molecule has 116 valence electrons. The second kappa shape index (κ2) is 6.96. The Hall–Kier alpha value is -0.820. The smallest absolute Gasteiger partial charge is 0.00978 e. The quantitative estimate of drug-likeness (QED) is 0.812. The molecule has 0 aromatic heterocycles. The molecule has 0 bridgehead atoms. The summed E-state index contributed by atoms with van der Waals surface area (Å²) in [4.78, 5) is 0. The lowest BCUT2D eigenvalue weighted by Gasteiger charge is -2.39. The Morgan fingerprint density at radius 3 is 2.29 bits per heavy atom. The van der Waals surface area contributed by atoms with Gasteiger partial charge in [0.2, 0.25) is 0 Å². The van der Waals surface area contributed by atoms with Gasteiger partial charge in [0.25, 0.3) is 0 Å². The maximum absolute atomic E-state index is 4.01. The number of hydrogen-bond acceptors (Lipinski definition) is 1. The van der Waals surface area contributed by atoms with Crippen LogP contribution in [-0.4, -0.2) is 12.1 Å². The van der Waals surface area contributed by atoms with E-state index in [1.165, 1.54) is 44.9 Å². The van der Waals surface area contributed by atoms with Gasteiger partial charge >= 0.3 is 0 Å². The molecule has 0 heterocycles. The molecule has 2 saturated carbocycles. The van der Waals surface area contributed by atoms with E-state index in [2.05, 4.69) is 49.5 Å². The van der Waals surface area contributed by atoms with Crippen molar-refractivity contribution in [3.05, 3.63) is 35.9 Å². The highest BCUT2D eigenvalue weighted by Gasteiger charge is 2.30. The van der Waals surface area contributed by atoms with E-state index in [9.17, 15) is 0 Å². The van der Waals surface area contributed by atoms with Gasteiger partial charge in [0, 0.05) is 12.1 Å². The monoisotopic (exact) mass is 285 g/mol. The SMILES string of the molecule is CC1CCCC(NC2CCC(c3ccccc3)CC2)C1C. The summed E-state index contributed by atoms with van der Waals surface area (Å²) >= 11 is 0. The zero-order valence-corrected chi connectivity index (χ0v) is 13.7. The third-order valence-corrected chi connectivity index (χ3v) is 6.15. The van der Waals surface area contributed by atoms with Crippen LogP contribution in [0.15, 0.2) is 30.3 Å². The second-order valence-electron chi connectivity index (χ2n) is 7.50. The van der Waals surface area contributed by atoms with Gasteiger partial charge in [-0.05, 0) is 55.4 Å². The third kappa shape index (κ3) is 3.69. The molecule has 3 atom stereocenters. The molecule has 1 heteroatoms. The molecule has 1 N–H and O–H groups in total. The molecule has 0 saturated heterocycles. The van der Waals surface area contributed by atoms with Crippen LogP contribution in [0, 0.1) is 11.8 Å². The van der Waals surface area contributed by atoms with Gasteiger partial charge < -0.3 is 5.32 Å². The minimum absolute atomic E-state index is 0.766. The molecule has 1 nitrogen and oxygen atoms in total. The van der Waals surface area contributed by atoms with Gasteiger partial charge in [-0.25, -0.2) is 0 Å². The summed E-state index contributed by atoms with van der Waals surface area (Å²) in [6, 6.07) is 12.7. The van der Waals surface area contributed by atoms with E-state index in [1.54, 1.807) is 5.56 Å². The number of nitrogens with one attached hydrogen (secondary N) is 1. The lowest BCUT2D eigenvalue weighted by molar-refractivity contribution is 0.179. The molecule has 0 aliphatic heterocycles. The van der Waals surface area contributed by atoms with Crippen LogP contribution in [0.1, 0.15) is 70.3 Å². The summed E-state index contributed by atoms with van der Waals surface area (Å²) in [5.41, 5.74) is 1.55. The lowest BCUT2D eigenvalue weighted by atomic mass is 9.76. The molecule has 1 aromatic carbocycles. The highest BCUT2D eigenvalue weighted by atomic mass is 15.0. The van der Waals surface area contributed by atoms with Gasteiger partial charge in [-0.2, -0.15) is 0 Å². The fraction of sp³-hybridized carbons (Fsp3) is 0.700. The molecule has 3 rings (SSSR count). The van der Waals surface area contributed by atoms with E-state index < -0.39 is 0 Å². The highest BCUT2D eigenvalue weighted by Crippen LogP contribution is 2.35. The van der Waals surface area contributed by atoms with Gasteiger partial charge in [0.1, 0.15) is 0 Å². The molecule has 2 aliphatic rings. The van der Waals surface area contributed by atoms with Gasteiger partial charge in [0.15, 0.2) is 0 Å². The van der Waals surface area contributed by atoms with E-state index in [0.717, 1.165) is 29.8 Å². The van der Waals surface area contributed by atoms with Crippen LogP contribution in [0.5, 0.6) is 0 Å². The molecule has 21 heavy (non-hydrogen) atoms. The Balaban J connectivity index is 1.50. The van der Waals surface area contributed by atoms with Crippen molar-refractivity contribution in [2.24, 2.45) is 11.8 Å². The van der Waals surface area contributed by atoms with Crippen molar-refractivity contribution in [3.63, 3.8) is 0 Å². The molecule has 2 fully saturated rings. The molecule has 0 amide bonds. The maximum Gasteiger partial charge on any atom is 0.00978 e. The second-order valence-corrected chi connectivity index (χ2v) is 7.50. The van der Waals surface area contributed by atoms with Gasteiger partial charge in [-0.1, -0.05) is 57.0 Å². The van der Waals surface area contributed by atoms with E-state index in [0.29, 0.717) is 0 Å². The van der Waals surface area contributed by atoms with Crippen LogP contribution in [0.25, 0.3) is 0 Å². The number of hydrogen-bond donors (Lipinski definition) is 1. The number of benzene rings is 1. The average Bonchev–Trinajstić information content (AvgIpc) is 2.53. The minimum Gasteiger partial charge on any atom is -0.311 e. The summed E-state index contributed by atoms with van der Waals surface area (Å²) in [6.07, 6.45) is 9.68. The Morgan fingerprint density at radius 2 is 1.57 bits per heavy atom. The number of rotatable bonds is 3. The fourth-order valence-corrected chi connectivity index (χ4v) is 4.44. The van der Waals surface area contributed by atoms with Crippen LogP contribution in [0.3, 0.4) is 0 Å². The van der Waals surface area contributed by atoms with Crippen LogP contribution >= 0.6 is 0 Å². The standard InChI is InChI=1S/C20H31N/c1-15-7-6-10-20(16(15)2)21-19-13-11-18(12-14-19)17-8-4-3-5-9-17/h3-5,8-9,15-16,18-21H,6-7,10-14H2,1-2H3. The Labute approximate surface area is 130 Å². The minimum atomic E-state index is 0.766. The topological polar surface area (TPSA) is 12.0 Å². The molecular weight excluding hydrogens is 254 g/mol. The van der Waals surface area contributed by atoms with Crippen molar-refractivity contribution in [3.8, 4) is 0 Å². The molecule has 1 aromatic rings. The first-order valence-corrected chi connectivity index (χ1v) is 9.05. The predicted molar refractivity (Wildman–Crippen MR) is 90.5 cm³/mol. The zero-order valence-electron chi connectivity index (χ0n) is 13.7. The summed E-state index contributed by atoms with van der Waals surface area (Å²) in [6.45, 7) is 4.89. The Bertz CT molecular complexity index is 419. The average molecular weight is 285 g/mol. The Morgan fingerprint density at radius 1 is 0.857 bits per heavy atom. The van der Waals surface area contributed by atoms with Gasteiger partial charge in [0.05, 0.1) is 0 Å². The van der Waals surface area contributed by atoms with Crippen molar-refractivity contribution in [2.75, 3.05) is 0 Å². The van der Waals surface area contributed by atoms with E-state index >= 15 is 0 Å². The van der Waals surface area contributed by atoms with Gasteiger partial charge in [-0.15, -0.1) is 0 Å². The molecule has 0 radical (unpaired) electrons. The van der Waals surface area contributed by atoms with Crippen molar-refractivity contribution in [2.45, 2.75) is 76.8 Å². The van der Waals surface area contributed by atoms with Gasteiger partial charge in [-0.3, -0.25) is 0 Å². The van der Waals surface area contributed by atoms with Crippen molar-refractivity contribution < 1.29 is 0 Å². The third-order valence-electron chi connectivity index (χ3n) is 6.15. The lowest BCUT2D eigenvalue weighted by Crippen LogP contribution is -2.46. The van der Waals surface area contributed by atoms with Crippen molar-refractivity contribution >= 4 is 0 Å². The Kier molecular flexibility index (Phi) is 5.00. The molecule has 0 spiro atoms. The zero-order chi connectivity index (χ0) is 14.7. The maximum atomic E-state index is 4.01. The summed E-state index contributed by atoms with van der Waals surface area (Å²) in [5, 5.41) is 4.01. The van der Waals surface area contributed by atoms with Crippen molar-refractivity contribution in [1.82, 2.24) is 5.32 Å². The first-order valence-electron chi connectivity index (χ1n) is 9.05. The predicted octanol–water partition coefficient (Wildman–Crippen LogP) is 5.13. The van der Waals surface area contributed by atoms with Crippen LogP contribution in [0.4, 0.5) is 0 Å². The van der Waals surface area contributed by atoms with Crippen LogP contribution in [-0.2, 0) is 0 Å². The van der Waals surface area contributed by atoms with Crippen LogP contribution < -0.4 is 5.32 Å². The van der Waals surface area contributed by atoms with E-state index in [1.807, 2.05) is 0 Å². The summed E-state index contributed by atoms with van der Waals surface area (Å²) in [7, 11) is 0. The first-order chi connectivity index (χ1) is 10.2. The molecule has 2 aliphatic carbocycles. The largest absolute Gasteiger partial charge is 0.311 e. The van der Waals surface area contributed by atoms with E-state index in [-0.39, 0.29) is 0 Å². The van der Waals surface area contributed by atoms with Crippen LogP contribution in [0.2, 0.25) is 0 Å².